The van der Waals surface area contributed by atoms with Gasteiger partial charge in [0.15, 0.2) is 0 Å². The number of unbranched alkanes of at least 4 members (excludes halogenated alkanes) is 1. The minimum absolute atomic E-state index is 0.0206. The summed E-state index contributed by atoms with van der Waals surface area (Å²) in [6, 6.07) is 6.32. The molecular formula is C23H29FN6O2. The molecule has 0 spiro atoms. The van der Waals surface area contributed by atoms with E-state index in [0.717, 1.165) is 74.1 Å². The Labute approximate surface area is 186 Å². The van der Waals surface area contributed by atoms with Crippen LogP contribution in [0.4, 0.5) is 15.1 Å². The van der Waals surface area contributed by atoms with E-state index in [4.69, 9.17) is 15.2 Å². The van der Waals surface area contributed by atoms with Crippen molar-refractivity contribution >= 4 is 17.6 Å². The molecule has 0 saturated heterocycles. The number of nitrogens with zero attached hydrogens (tertiary/aromatic N) is 4. The van der Waals surface area contributed by atoms with Crippen LogP contribution in [0, 0.1) is 11.7 Å². The monoisotopic (exact) mass is 440 g/mol. The molecule has 8 nitrogen and oxygen atoms in total. The van der Waals surface area contributed by atoms with E-state index in [1.165, 1.54) is 12.1 Å². The molecule has 4 rings (SSSR count). The summed E-state index contributed by atoms with van der Waals surface area (Å²) in [5.74, 6) is 1.52. The number of carboxylic acid groups (broad SMARTS) is 1. The zero-order valence-corrected chi connectivity index (χ0v) is 18.2. The molecule has 2 heterocycles. The Morgan fingerprint density at radius 1 is 1.22 bits per heavy atom. The average Bonchev–Trinajstić information content (AvgIpc) is 3.13. The van der Waals surface area contributed by atoms with Crippen LogP contribution < -0.4 is 10.6 Å². The van der Waals surface area contributed by atoms with Gasteiger partial charge in [-0.2, -0.15) is 0 Å². The lowest BCUT2D eigenvalue weighted by atomic mass is 9.84. The third-order valence-corrected chi connectivity index (χ3v) is 6.04. The van der Waals surface area contributed by atoms with Crippen LogP contribution in [0.3, 0.4) is 0 Å². The molecule has 2 aromatic heterocycles. The van der Waals surface area contributed by atoms with E-state index >= 15 is 0 Å². The van der Waals surface area contributed by atoms with Crippen LogP contribution in [0.15, 0.2) is 30.5 Å². The van der Waals surface area contributed by atoms with Gasteiger partial charge in [0.1, 0.15) is 17.2 Å². The molecular weight excluding hydrogens is 411 g/mol. The van der Waals surface area contributed by atoms with Crippen LogP contribution in [0.2, 0.25) is 0 Å². The second-order valence-electron chi connectivity index (χ2n) is 8.41. The minimum atomic E-state index is -0.962. The first kappa shape index (κ1) is 22.0. The Bertz CT molecular complexity index is 1060. The van der Waals surface area contributed by atoms with Crippen molar-refractivity contribution in [1.29, 1.82) is 0 Å². The first-order valence-corrected chi connectivity index (χ1v) is 11.3. The molecule has 0 aliphatic heterocycles. The SMILES string of the molecule is CCCCNc1ncc2c(-c3ccc(F)cc3)nc(CC3CCC(NC(=O)O)CC3)n2n1. The van der Waals surface area contributed by atoms with Crippen LogP contribution in [0.1, 0.15) is 51.3 Å². The quantitative estimate of drug-likeness (QED) is 0.445. The van der Waals surface area contributed by atoms with E-state index in [2.05, 4.69) is 22.5 Å². The second-order valence-corrected chi connectivity index (χ2v) is 8.41. The molecule has 1 saturated carbocycles. The van der Waals surface area contributed by atoms with E-state index < -0.39 is 6.09 Å². The number of rotatable bonds is 8. The van der Waals surface area contributed by atoms with Crippen molar-refractivity contribution in [3.05, 3.63) is 42.1 Å². The zero-order chi connectivity index (χ0) is 22.5. The summed E-state index contributed by atoms with van der Waals surface area (Å²) in [5.41, 5.74) is 2.34. The van der Waals surface area contributed by atoms with Gasteiger partial charge in [-0.1, -0.05) is 13.3 Å². The van der Waals surface area contributed by atoms with Crippen molar-refractivity contribution in [1.82, 2.24) is 24.9 Å². The van der Waals surface area contributed by atoms with Crippen LogP contribution in [0.25, 0.3) is 16.8 Å². The fourth-order valence-corrected chi connectivity index (χ4v) is 4.30. The number of hydrogen-bond acceptors (Lipinski definition) is 5. The van der Waals surface area contributed by atoms with Gasteiger partial charge >= 0.3 is 6.09 Å². The van der Waals surface area contributed by atoms with Gasteiger partial charge in [-0.3, -0.25) is 0 Å². The second kappa shape index (κ2) is 9.93. The Kier molecular flexibility index (Phi) is 6.82. The Hall–Kier alpha value is -3.23. The minimum Gasteiger partial charge on any atom is -0.465 e. The van der Waals surface area contributed by atoms with E-state index in [9.17, 15) is 9.18 Å². The summed E-state index contributed by atoms with van der Waals surface area (Å²) >= 11 is 0. The van der Waals surface area contributed by atoms with Crippen molar-refractivity contribution in [3.63, 3.8) is 0 Å². The topological polar surface area (TPSA) is 104 Å². The summed E-state index contributed by atoms with van der Waals surface area (Å²) in [4.78, 5) is 20.3. The van der Waals surface area contributed by atoms with Crippen LogP contribution in [-0.4, -0.2) is 43.4 Å². The number of anilines is 1. The van der Waals surface area contributed by atoms with Gasteiger partial charge in [-0.15, -0.1) is 5.10 Å². The number of aromatic nitrogens is 4. The number of benzene rings is 1. The van der Waals surface area contributed by atoms with E-state index in [1.807, 2.05) is 4.52 Å². The van der Waals surface area contributed by atoms with Gasteiger partial charge in [-0.05, 0) is 62.3 Å². The molecule has 0 bridgehead atoms. The van der Waals surface area contributed by atoms with E-state index in [-0.39, 0.29) is 11.9 Å². The number of hydrogen-bond donors (Lipinski definition) is 3. The lowest BCUT2D eigenvalue weighted by molar-refractivity contribution is 0.182. The molecule has 170 valence electrons. The van der Waals surface area contributed by atoms with Gasteiger partial charge in [0, 0.05) is 24.6 Å². The first-order chi connectivity index (χ1) is 15.5. The lowest BCUT2D eigenvalue weighted by Crippen LogP contribution is -2.37. The normalized spacial score (nSPS) is 18.6. The summed E-state index contributed by atoms with van der Waals surface area (Å²) in [6.07, 6.45) is 7.17. The smallest absolute Gasteiger partial charge is 0.404 e. The van der Waals surface area contributed by atoms with Gasteiger partial charge in [0.25, 0.3) is 0 Å². The molecule has 1 amide bonds. The summed E-state index contributed by atoms with van der Waals surface area (Å²) < 4.78 is 15.3. The number of imidazole rings is 1. The van der Waals surface area contributed by atoms with Crippen LogP contribution >= 0.6 is 0 Å². The van der Waals surface area contributed by atoms with Gasteiger partial charge in [0.2, 0.25) is 5.95 Å². The standard InChI is InChI=1S/C23H29FN6O2/c1-2-3-12-25-22-26-14-19-21(16-6-8-17(24)9-7-16)28-20(30(19)29-22)13-15-4-10-18(11-5-15)27-23(31)32/h6-9,14-15,18,27H,2-5,10-13H2,1H3,(H,25,29)(H,31,32). The third-order valence-electron chi connectivity index (χ3n) is 6.04. The molecule has 9 heteroatoms. The molecule has 0 unspecified atom stereocenters. The molecule has 1 aliphatic carbocycles. The van der Waals surface area contributed by atoms with Crippen LogP contribution in [0.5, 0.6) is 0 Å². The Morgan fingerprint density at radius 3 is 2.66 bits per heavy atom. The van der Waals surface area contributed by atoms with Gasteiger partial charge < -0.3 is 15.7 Å². The van der Waals surface area contributed by atoms with E-state index in [1.54, 1.807) is 18.3 Å². The molecule has 0 atom stereocenters. The maximum absolute atomic E-state index is 13.4. The lowest BCUT2D eigenvalue weighted by Gasteiger charge is -2.27. The number of amides is 1. The molecule has 1 aliphatic rings. The van der Waals surface area contributed by atoms with Crippen molar-refractivity contribution in [2.24, 2.45) is 5.92 Å². The molecule has 3 aromatic rings. The maximum Gasteiger partial charge on any atom is 0.404 e. The van der Waals surface area contributed by atoms with Crippen molar-refractivity contribution < 1.29 is 14.3 Å². The largest absolute Gasteiger partial charge is 0.465 e. The van der Waals surface area contributed by atoms with Gasteiger partial charge in [0.05, 0.1) is 11.9 Å². The van der Waals surface area contributed by atoms with Crippen molar-refractivity contribution in [3.8, 4) is 11.3 Å². The summed E-state index contributed by atoms with van der Waals surface area (Å²) in [6.45, 7) is 2.94. The third kappa shape index (κ3) is 5.15. The maximum atomic E-state index is 13.4. The number of carbonyl (C=O) groups is 1. The van der Waals surface area contributed by atoms with Crippen molar-refractivity contribution in [2.75, 3.05) is 11.9 Å². The Morgan fingerprint density at radius 2 is 1.97 bits per heavy atom. The summed E-state index contributed by atoms with van der Waals surface area (Å²) in [7, 11) is 0. The average molecular weight is 441 g/mol. The fourth-order valence-electron chi connectivity index (χ4n) is 4.30. The molecule has 1 fully saturated rings. The predicted molar refractivity (Wildman–Crippen MR) is 120 cm³/mol. The Balaban J connectivity index is 1.60. The number of nitrogens with one attached hydrogen (secondary N) is 2. The zero-order valence-electron chi connectivity index (χ0n) is 18.2. The fraction of sp³-hybridized carbons (Fsp3) is 0.478. The first-order valence-electron chi connectivity index (χ1n) is 11.3. The highest BCUT2D eigenvalue weighted by Crippen LogP contribution is 2.30. The highest BCUT2D eigenvalue weighted by atomic mass is 19.1. The highest BCUT2D eigenvalue weighted by molar-refractivity contribution is 5.77. The number of halogens is 1. The van der Waals surface area contributed by atoms with Crippen LogP contribution in [-0.2, 0) is 6.42 Å². The highest BCUT2D eigenvalue weighted by Gasteiger charge is 2.25. The molecule has 0 radical (unpaired) electrons. The van der Waals surface area contributed by atoms with Crippen molar-refractivity contribution in [2.45, 2.75) is 57.9 Å². The van der Waals surface area contributed by atoms with Gasteiger partial charge in [-0.25, -0.2) is 23.7 Å². The predicted octanol–water partition coefficient (Wildman–Crippen LogP) is 4.51. The molecule has 32 heavy (non-hydrogen) atoms. The van der Waals surface area contributed by atoms with E-state index in [0.29, 0.717) is 11.9 Å². The molecule has 3 N–H and O–H groups in total. The number of fused-ring (bicyclic) bond motifs is 1. The molecule has 1 aromatic carbocycles. The summed E-state index contributed by atoms with van der Waals surface area (Å²) in [5, 5.41) is 19.5.